The lowest BCUT2D eigenvalue weighted by Crippen LogP contribution is -2.40. The van der Waals surface area contributed by atoms with Crippen LogP contribution in [0.4, 0.5) is 13.2 Å². The lowest BCUT2D eigenvalue weighted by atomic mass is 9.92. The number of nitrogens with zero attached hydrogens (tertiary/aromatic N) is 1. The standard InChI is InChI=1S/C12H23F3N2/c1-2-3-11-4-7-17(8-5-11)9-6-16-10-12(13,14)15/h11,16H,2-10H2,1H3. The van der Waals surface area contributed by atoms with Gasteiger partial charge in [-0.1, -0.05) is 19.8 Å². The molecule has 0 aromatic carbocycles. The highest BCUT2D eigenvalue weighted by molar-refractivity contribution is 4.72. The van der Waals surface area contributed by atoms with Crippen molar-refractivity contribution < 1.29 is 13.2 Å². The van der Waals surface area contributed by atoms with E-state index in [1.807, 2.05) is 0 Å². The average molecular weight is 252 g/mol. The van der Waals surface area contributed by atoms with Crippen molar-refractivity contribution in [2.24, 2.45) is 5.92 Å². The molecule has 0 spiro atoms. The Morgan fingerprint density at radius 1 is 1.24 bits per heavy atom. The van der Waals surface area contributed by atoms with E-state index in [9.17, 15) is 13.2 Å². The van der Waals surface area contributed by atoms with Crippen molar-refractivity contribution >= 4 is 0 Å². The van der Waals surface area contributed by atoms with Gasteiger partial charge in [0.25, 0.3) is 0 Å². The lowest BCUT2D eigenvalue weighted by molar-refractivity contribution is -0.124. The molecule has 1 saturated heterocycles. The van der Waals surface area contributed by atoms with Crippen LogP contribution in [0, 0.1) is 5.92 Å². The maximum absolute atomic E-state index is 11.9. The molecule has 0 amide bonds. The Morgan fingerprint density at radius 3 is 2.41 bits per heavy atom. The van der Waals surface area contributed by atoms with Crippen LogP contribution in [-0.4, -0.2) is 43.8 Å². The number of halogens is 3. The predicted octanol–water partition coefficient (Wildman–Crippen LogP) is 2.65. The van der Waals surface area contributed by atoms with Crippen LogP contribution in [-0.2, 0) is 0 Å². The Kier molecular flexibility index (Phi) is 6.27. The second-order valence-electron chi connectivity index (χ2n) is 4.87. The smallest absolute Gasteiger partial charge is 0.307 e. The summed E-state index contributed by atoms with van der Waals surface area (Å²) in [5.41, 5.74) is 0. The molecule has 1 fully saturated rings. The molecule has 2 nitrogen and oxygen atoms in total. The summed E-state index contributed by atoms with van der Waals surface area (Å²) in [5, 5.41) is 2.44. The summed E-state index contributed by atoms with van der Waals surface area (Å²) in [4.78, 5) is 2.26. The molecule has 0 unspecified atom stereocenters. The van der Waals surface area contributed by atoms with Gasteiger partial charge in [-0.2, -0.15) is 13.2 Å². The van der Waals surface area contributed by atoms with Gasteiger partial charge in [-0.05, 0) is 31.8 Å². The first-order chi connectivity index (χ1) is 8.01. The van der Waals surface area contributed by atoms with Gasteiger partial charge in [-0.25, -0.2) is 0 Å². The molecule has 0 bridgehead atoms. The molecule has 0 saturated carbocycles. The number of hydrogen-bond acceptors (Lipinski definition) is 2. The molecule has 102 valence electrons. The first kappa shape index (κ1) is 14.8. The zero-order chi connectivity index (χ0) is 12.7. The van der Waals surface area contributed by atoms with E-state index in [0.717, 1.165) is 25.6 Å². The van der Waals surface area contributed by atoms with Gasteiger partial charge in [0.05, 0.1) is 6.54 Å². The SMILES string of the molecule is CCCC1CCN(CCNCC(F)(F)F)CC1. The van der Waals surface area contributed by atoms with Gasteiger partial charge in [0.2, 0.25) is 0 Å². The van der Waals surface area contributed by atoms with Crippen molar-refractivity contribution in [1.29, 1.82) is 0 Å². The first-order valence-corrected chi connectivity index (χ1v) is 6.51. The minimum atomic E-state index is -4.09. The van der Waals surface area contributed by atoms with Crippen molar-refractivity contribution in [2.75, 3.05) is 32.7 Å². The van der Waals surface area contributed by atoms with Crippen LogP contribution in [0.2, 0.25) is 0 Å². The Labute approximate surface area is 102 Å². The van der Waals surface area contributed by atoms with E-state index in [4.69, 9.17) is 0 Å². The number of piperidine rings is 1. The van der Waals surface area contributed by atoms with Crippen LogP contribution >= 0.6 is 0 Å². The van der Waals surface area contributed by atoms with Crippen LogP contribution in [0.25, 0.3) is 0 Å². The molecule has 1 heterocycles. The number of rotatable bonds is 6. The predicted molar refractivity (Wildman–Crippen MR) is 63.0 cm³/mol. The fraction of sp³-hybridized carbons (Fsp3) is 1.00. The maximum atomic E-state index is 11.9. The Bertz CT molecular complexity index is 198. The summed E-state index contributed by atoms with van der Waals surface area (Å²) in [6.07, 6.45) is 0.840. The molecule has 1 rings (SSSR count). The number of alkyl halides is 3. The molecule has 0 aromatic rings. The van der Waals surface area contributed by atoms with Crippen LogP contribution < -0.4 is 5.32 Å². The second kappa shape index (κ2) is 7.21. The van der Waals surface area contributed by atoms with Crippen molar-refractivity contribution in [3.63, 3.8) is 0 Å². The Morgan fingerprint density at radius 2 is 1.88 bits per heavy atom. The van der Waals surface area contributed by atoms with Gasteiger partial charge in [0, 0.05) is 13.1 Å². The van der Waals surface area contributed by atoms with E-state index in [1.54, 1.807) is 0 Å². The molecule has 17 heavy (non-hydrogen) atoms. The van der Waals surface area contributed by atoms with E-state index in [-0.39, 0.29) is 0 Å². The summed E-state index contributed by atoms with van der Waals surface area (Å²) < 4.78 is 35.6. The fourth-order valence-electron chi connectivity index (χ4n) is 2.37. The molecule has 0 radical (unpaired) electrons. The maximum Gasteiger partial charge on any atom is 0.401 e. The molecular formula is C12H23F3N2. The van der Waals surface area contributed by atoms with Gasteiger partial charge in [0.1, 0.15) is 0 Å². The van der Waals surface area contributed by atoms with Crippen LogP contribution in [0.1, 0.15) is 32.6 Å². The third-order valence-electron chi connectivity index (χ3n) is 3.33. The minimum Gasteiger partial charge on any atom is -0.307 e. The summed E-state index contributed by atoms with van der Waals surface area (Å²) in [7, 11) is 0. The molecule has 1 aliphatic rings. The minimum absolute atomic E-state index is 0.429. The largest absolute Gasteiger partial charge is 0.401 e. The highest BCUT2D eigenvalue weighted by Gasteiger charge is 2.26. The monoisotopic (exact) mass is 252 g/mol. The number of nitrogens with one attached hydrogen (secondary N) is 1. The van der Waals surface area contributed by atoms with E-state index in [2.05, 4.69) is 17.1 Å². The third kappa shape index (κ3) is 6.88. The molecule has 1 N–H and O–H groups in total. The van der Waals surface area contributed by atoms with Gasteiger partial charge in [-0.3, -0.25) is 0 Å². The van der Waals surface area contributed by atoms with Crippen molar-refractivity contribution in [3.8, 4) is 0 Å². The first-order valence-electron chi connectivity index (χ1n) is 6.51. The van der Waals surface area contributed by atoms with Crippen LogP contribution in [0.3, 0.4) is 0 Å². The van der Waals surface area contributed by atoms with Crippen molar-refractivity contribution in [2.45, 2.75) is 38.8 Å². The fourth-order valence-corrected chi connectivity index (χ4v) is 2.37. The Balaban J connectivity index is 2.02. The molecule has 0 aromatic heterocycles. The normalized spacial score (nSPS) is 19.8. The number of hydrogen-bond donors (Lipinski definition) is 1. The van der Waals surface area contributed by atoms with E-state index >= 15 is 0 Å². The van der Waals surface area contributed by atoms with Crippen molar-refractivity contribution in [3.05, 3.63) is 0 Å². The van der Waals surface area contributed by atoms with E-state index in [1.165, 1.54) is 25.7 Å². The van der Waals surface area contributed by atoms with E-state index < -0.39 is 12.7 Å². The third-order valence-corrected chi connectivity index (χ3v) is 3.33. The van der Waals surface area contributed by atoms with Gasteiger partial charge < -0.3 is 10.2 Å². The molecule has 5 heteroatoms. The van der Waals surface area contributed by atoms with Gasteiger partial charge >= 0.3 is 6.18 Å². The van der Waals surface area contributed by atoms with Crippen LogP contribution in [0.5, 0.6) is 0 Å². The summed E-state index contributed by atoms with van der Waals surface area (Å²) in [5.74, 6) is 0.833. The zero-order valence-corrected chi connectivity index (χ0v) is 10.5. The molecular weight excluding hydrogens is 229 g/mol. The highest BCUT2D eigenvalue weighted by atomic mass is 19.4. The quantitative estimate of drug-likeness (QED) is 0.731. The van der Waals surface area contributed by atoms with Gasteiger partial charge in [-0.15, -0.1) is 0 Å². The van der Waals surface area contributed by atoms with E-state index in [0.29, 0.717) is 6.54 Å². The van der Waals surface area contributed by atoms with Gasteiger partial charge in [0.15, 0.2) is 0 Å². The molecule has 0 atom stereocenters. The van der Waals surface area contributed by atoms with Crippen LogP contribution in [0.15, 0.2) is 0 Å². The Hall–Kier alpha value is -0.290. The summed E-state index contributed by atoms with van der Waals surface area (Å²) in [6.45, 7) is 4.57. The summed E-state index contributed by atoms with van der Waals surface area (Å²) >= 11 is 0. The number of likely N-dealkylation sites (tertiary alicyclic amines) is 1. The van der Waals surface area contributed by atoms with Crippen molar-refractivity contribution in [1.82, 2.24) is 10.2 Å². The summed E-state index contributed by atoms with van der Waals surface area (Å²) in [6, 6.07) is 0. The highest BCUT2D eigenvalue weighted by Crippen LogP contribution is 2.21. The second-order valence-corrected chi connectivity index (χ2v) is 4.87. The average Bonchev–Trinajstić information content (AvgIpc) is 2.26. The zero-order valence-electron chi connectivity index (χ0n) is 10.5. The molecule has 1 aliphatic heterocycles. The topological polar surface area (TPSA) is 15.3 Å². The molecule has 0 aliphatic carbocycles. The lowest BCUT2D eigenvalue weighted by Gasteiger charge is -2.31.